The number of aromatic nitrogens is 2. The fraction of sp³-hybridized carbons (Fsp3) is 0.667. The topological polar surface area (TPSA) is 86.3 Å². The predicted molar refractivity (Wildman–Crippen MR) is 59.3 cm³/mol. The van der Waals surface area contributed by atoms with Crippen LogP contribution in [0.25, 0.3) is 0 Å². The van der Waals surface area contributed by atoms with Gasteiger partial charge in [0, 0.05) is 20.2 Å². The highest BCUT2D eigenvalue weighted by Gasteiger charge is 2.21. The van der Waals surface area contributed by atoms with Gasteiger partial charge in [-0.1, -0.05) is 0 Å². The Hall–Kier alpha value is -0.920. The van der Waals surface area contributed by atoms with Crippen LogP contribution in [0.15, 0.2) is 17.6 Å². The summed E-state index contributed by atoms with van der Waals surface area (Å²) < 4.78 is 25.0. The second-order valence-corrected chi connectivity index (χ2v) is 5.54. The smallest absolute Gasteiger partial charge is 0.259 e. The van der Waals surface area contributed by atoms with Crippen LogP contribution in [-0.4, -0.2) is 48.0 Å². The van der Waals surface area contributed by atoms with E-state index in [2.05, 4.69) is 9.97 Å². The van der Waals surface area contributed by atoms with E-state index < -0.39 is 10.0 Å². The number of hydrogen-bond acceptors (Lipinski definition) is 4. The third-order valence-corrected chi connectivity index (χ3v) is 4.07. The summed E-state index contributed by atoms with van der Waals surface area (Å²) in [6.45, 7) is 0.596. The standard InChI is InChI=1S/C9H17N3O3S/c1-12(5-3-2-4-6-13)16(14,15)9-7-10-8-11-9/h7-8,13H,2-6H2,1H3,(H,10,11). The normalized spacial score (nSPS) is 12.2. The Morgan fingerprint density at radius 1 is 1.44 bits per heavy atom. The molecule has 92 valence electrons. The van der Waals surface area contributed by atoms with Gasteiger partial charge in [0.15, 0.2) is 5.03 Å². The highest BCUT2D eigenvalue weighted by atomic mass is 32.2. The van der Waals surface area contributed by atoms with E-state index in [0.717, 1.165) is 12.8 Å². The zero-order valence-corrected chi connectivity index (χ0v) is 10.1. The number of nitrogens with zero attached hydrogens (tertiary/aromatic N) is 2. The van der Waals surface area contributed by atoms with E-state index in [4.69, 9.17) is 5.11 Å². The van der Waals surface area contributed by atoms with Crippen molar-refractivity contribution in [2.45, 2.75) is 24.3 Å². The molecule has 1 aromatic heterocycles. The fourth-order valence-corrected chi connectivity index (χ4v) is 2.40. The molecule has 2 N–H and O–H groups in total. The van der Waals surface area contributed by atoms with Gasteiger partial charge in [-0.3, -0.25) is 0 Å². The summed E-state index contributed by atoms with van der Waals surface area (Å²) >= 11 is 0. The number of aromatic amines is 1. The van der Waals surface area contributed by atoms with Crippen LogP contribution in [0.1, 0.15) is 19.3 Å². The van der Waals surface area contributed by atoms with Crippen molar-refractivity contribution in [2.75, 3.05) is 20.2 Å². The number of aliphatic hydroxyl groups is 1. The Morgan fingerprint density at radius 3 is 2.75 bits per heavy atom. The molecule has 0 aliphatic carbocycles. The number of imidazole rings is 1. The van der Waals surface area contributed by atoms with Crippen molar-refractivity contribution in [3.63, 3.8) is 0 Å². The quantitative estimate of drug-likeness (QED) is 0.674. The van der Waals surface area contributed by atoms with E-state index in [1.807, 2.05) is 0 Å². The number of sulfonamides is 1. The van der Waals surface area contributed by atoms with Gasteiger partial charge < -0.3 is 10.1 Å². The summed E-state index contributed by atoms with van der Waals surface area (Å²) in [4.78, 5) is 6.27. The number of H-pyrrole nitrogens is 1. The van der Waals surface area contributed by atoms with Gasteiger partial charge in [0.2, 0.25) is 0 Å². The van der Waals surface area contributed by atoms with Gasteiger partial charge in [0.25, 0.3) is 10.0 Å². The van der Waals surface area contributed by atoms with Crippen LogP contribution in [0.3, 0.4) is 0 Å². The molecule has 6 nitrogen and oxygen atoms in total. The van der Waals surface area contributed by atoms with Gasteiger partial charge in [-0.25, -0.2) is 13.4 Å². The summed E-state index contributed by atoms with van der Waals surface area (Å²) in [5, 5.41) is 8.70. The lowest BCUT2D eigenvalue weighted by atomic mass is 10.2. The average molecular weight is 247 g/mol. The molecular formula is C9H17N3O3S. The number of hydrogen-bond donors (Lipinski definition) is 2. The molecule has 0 aromatic carbocycles. The lowest BCUT2D eigenvalue weighted by Gasteiger charge is -2.15. The third kappa shape index (κ3) is 3.29. The van der Waals surface area contributed by atoms with Crippen molar-refractivity contribution in [1.29, 1.82) is 0 Å². The van der Waals surface area contributed by atoms with E-state index in [1.165, 1.54) is 23.9 Å². The zero-order valence-electron chi connectivity index (χ0n) is 9.26. The van der Waals surface area contributed by atoms with Crippen molar-refractivity contribution in [2.24, 2.45) is 0 Å². The lowest BCUT2D eigenvalue weighted by molar-refractivity contribution is 0.281. The maximum atomic E-state index is 11.9. The summed E-state index contributed by atoms with van der Waals surface area (Å²) in [7, 11) is -1.89. The second kappa shape index (κ2) is 5.97. The molecule has 0 atom stereocenters. The average Bonchev–Trinajstić information content (AvgIpc) is 2.77. The molecule has 7 heteroatoms. The molecule has 1 aromatic rings. The number of rotatable bonds is 7. The first-order chi connectivity index (χ1) is 7.59. The van der Waals surface area contributed by atoms with E-state index in [0.29, 0.717) is 13.0 Å². The van der Waals surface area contributed by atoms with Crippen LogP contribution >= 0.6 is 0 Å². The Balaban J connectivity index is 2.50. The van der Waals surface area contributed by atoms with Crippen LogP contribution in [0.2, 0.25) is 0 Å². The van der Waals surface area contributed by atoms with Crippen molar-refractivity contribution < 1.29 is 13.5 Å². The number of aliphatic hydroxyl groups excluding tert-OH is 1. The Morgan fingerprint density at radius 2 is 2.19 bits per heavy atom. The third-order valence-electron chi connectivity index (χ3n) is 2.29. The fourth-order valence-electron chi connectivity index (χ4n) is 1.30. The van der Waals surface area contributed by atoms with Crippen molar-refractivity contribution in [3.05, 3.63) is 12.5 Å². The van der Waals surface area contributed by atoms with E-state index in [1.54, 1.807) is 0 Å². The van der Waals surface area contributed by atoms with E-state index in [-0.39, 0.29) is 11.6 Å². The highest BCUT2D eigenvalue weighted by molar-refractivity contribution is 7.89. The minimum absolute atomic E-state index is 0.108. The van der Waals surface area contributed by atoms with Crippen molar-refractivity contribution in [3.8, 4) is 0 Å². The molecule has 0 radical (unpaired) electrons. The second-order valence-electron chi connectivity index (χ2n) is 3.53. The number of nitrogens with one attached hydrogen (secondary N) is 1. The molecule has 0 spiro atoms. The predicted octanol–water partition coefficient (Wildman–Crippen LogP) is 0.193. The first kappa shape index (κ1) is 13.1. The first-order valence-electron chi connectivity index (χ1n) is 5.14. The maximum absolute atomic E-state index is 11.9. The minimum Gasteiger partial charge on any atom is -0.396 e. The van der Waals surface area contributed by atoms with Crippen LogP contribution in [0.5, 0.6) is 0 Å². The van der Waals surface area contributed by atoms with Crippen LogP contribution in [-0.2, 0) is 10.0 Å². The molecule has 16 heavy (non-hydrogen) atoms. The van der Waals surface area contributed by atoms with Crippen molar-refractivity contribution in [1.82, 2.24) is 14.3 Å². The molecular weight excluding hydrogens is 230 g/mol. The molecule has 0 saturated heterocycles. The monoisotopic (exact) mass is 247 g/mol. The van der Waals surface area contributed by atoms with E-state index >= 15 is 0 Å². The molecule has 0 aliphatic heterocycles. The SMILES string of the molecule is CN(CCCCCO)S(=O)(=O)c1cnc[nH]1. The Labute approximate surface area is 95.4 Å². The van der Waals surface area contributed by atoms with Crippen molar-refractivity contribution >= 4 is 10.0 Å². The van der Waals surface area contributed by atoms with Crippen LogP contribution < -0.4 is 0 Å². The molecule has 0 fully saturated rings. The number of unbranched alkanes of at least 4 members (excludes halogenated alkanes) is 2. The highest BCUT2D eigenvalue weighted by Crippen LogP contribution is 2.10. The van der Waals surface area contributed by atoms with E-state index in [9.17, 15) is 8.42 Å². The van der Waals surface area contributed by atoms with Gasteiger partial charge in [0.05, 0.1) is 12.5 Å². The van der Waals surface area contributed by atoms with Gasteiger partial charge >= 0.3 is 0 Å². The van der Waals surface area contributed by atoms with Gasteiger partial charge in [-0.2, -0.15) is 4.31 Å². The minimum atomic E-state index is -3.43. The molecule has 0 aliphatic rings. The molecule has 1 rings (SSSR count). The molecule has 1 heterocycles. The van der Waals surface area contributed by atoms with Gasteiger partial charge in [-0.05, 0) is 19.3 Å². The molecule has 0 bridgehead atoms. The molecule has 0 saturated carbocycles. The van der Waals surface area contributed by atoms with Gasteiger partial charge in [-0.15, -0.1) is 0 Å². The van der Waals surface area contributed by atoms with Crippen LogP contribution in [0, 0.1) is 0 Å². The molecule has 0 amide bonds. The summed E-state index contributed by atoms with van der Waals surface area (Å²) in [5.41, 5.74) is 0. The zero-order chi connectivity index (χ0) is 12.0. The Kier molecular flexibility index (Phi) is 4.91. The Bertz CT molecular complexity index is 388. The summed E-state index contributed by atoms with van der Waals surface area (Å²) in [6, 6.07) is 0. The first-order valence-corrected chi connectivity index (χ1v) is 6.58. The molecule has 0 unspecified atom stereocenters. The lowest BCUT2D eigenvalue weighted by Crippen LogP contribution is -2.28. The largest absolute Gasteiger partial charge is 0.396 e. The maximum Gasteiger partial charge on any atom is 0.259 e. The summed E-state index contributed by atoms with van der Waals surface area (Å²) in [6.07, 6.45) is 4.90. The van der Waals surface area contributed by atoms with Gasteiger partial charge in [0.1, 0.15) is 0 Å². The van der Waals surface area contributed by atoms with Crippen LogP contribution in [0.4, 0.5) is 0 Å². The summed E-state index contributed by atoms with van der Waals surface area (Å²) in [5.74, 6) is 0.